The van der Waals surface area contributed by atoms with Crippen LogP contribution in [-0.2, 0) is 6.42 Å². The van der Waals surface area contributed by atoms with E-state index in [0.717, 1.165) is 51.1 Å². The van der Waals surface area contributed by atoms with Crippen molar-refractivity contribution in [1.29, 1.82) is 0 Å². The monoisotopic (exact) mass is 278 g/mol. The summed E-state index contributed by atoms with van der Waals surface area (Å²) in [4.78, 5) is 14.5. The number of amides is 1. The maximum atomic E-state index is 12.6. The zero-order chi connectivity index (χ0) is 14.4. The summed E-state index contributed by atoms with van der Waals surface area (Å²) in [6.45, 7) is 6.86. The van der Waals surface area contributed by atoms with Crippen LogP contribution in [0.1, 0.15) is 55.8 Å². The molecule has 1 atom stereocenters. The van der Waals surface area contributed by atoms with Crippen molar-refractivity contribution in [3.63, 3.8) is 0 Å². The molecule has 0 aromatic carbocycles. The lowest BCUT2D eigenvalue weighted by atomic mass is 10.2. The molecule has 4 nitrogen and oxygen atoms in total. The molecule has 0 radical (unpaired) electrons. The van der Waals surface area contributed by atoms with Gasteiger partial charge in [0.1, 0.15) is 5.76 Å². The SMILES string of the molecule is CCCCN(CC1CCCN1)C(=O)c1ccc(CC)o1. The Kier molecular flexibility index (Phi) is 5.65. The zero-order valence-corrected chi connectivity index (χ0v) is 12.7. The molecule has 112 valence electrons. The fraction of sp³-hybridized carbons (Fsp3) is 0.688. The van der Waals surface area contributed by atoms with Crippen LogP contribution in [0.15, 0.2) is 16.5 Å². The number of hydrogen-bond acceptors (Lipinski definition) is 3. The first-order valence-corrected chi connectivity index (χ1v) is 7.86. The third-order valence-electron chi connectivity index (χ3n) is 3.89. The number of rotatable bonds is 7. The van der Waals surface area contributed by atoms with Crippen LogP contribution in [-0.4, -0.2) is 36.5 Å². The van der Waals surface area contributed by atoms with Crippen LogP contribution in [0.25, 0.3) is 0 Å². The van der Waals surface area contributed by atoms with Crippen LogP contribution < -0.4 is 5.32 Å². The van der Waals surface area contributed by atoms with Gasteiger partial charge in [0.05, 0.1) is 0 Å². The number of nitrogens with one attached hydrogen (secondary N) is 1. The van der Waals surface area contributed by atoms with E-state index in [9.17, 15) is 4.79 Å². The minimum Gasteiger partial charge on any atom is -0.456 e. The van der Waals surface area contributed by atoms with Crippen molar-refractivity contribution in [2.75, 3.05) is 19.6 Å². The largest absolute Gasteiger partial charge is 0.456 e. The first-order chi connectivity index (χ1) is 9.74. The lowest BCUT2D eigenvalue weighted by Gasteiger charge is -2.25. The maximum absolute atomic E-state index is 12.6. The summed E-state index contributed by atoms with van der Waals surface area (Å²) in [5.41, 5.74) is 0. The predicted molar refractivity (Wildman–Crippen MR) is 79.9 cm³/mol. The van der Waals surface area contributed by atoms with Gasteiger partial charge in [0, 0.05) is 25.6 Å². The Balaban J connectivity index is 2.01. The third kappa shape index (κ3) is 3.85. The second-order valence-electron chi connectivity index (χ2n) is 5.52. The highest BCUT2D eigenvalue weighted by atomic mass is 16.4. The highest BCUT2D eigenvalue weighted by Gasteiger charge is 2.23. The molecule has 1 N–H and O–H groups in total. The summed E-state index contributed by atoms with van der Waals surface area (Å²) in [6, 6.07) is 4.15. The van der Waals surface area contributed by atoms with Gasteiger partial charge in [-0.25, -0.2) is 0 Å². The average molecular weight is 278 g/mol. The van der Waals surface area contributed by atoms with E-state index in [2.05, 4.69) is 12.2 Å². The fourth-order valence-corrected chi connectivity index (χ4v) is 2.64. The van der Waals surface area contributed by atoms with Crippen molar-refractivity contribution in [3.05, 3.63) is 23.7 Å². The molecule has 1 aliphatic heterocycles. The Morgan fingerprint density at radius 3 is 2.90 bits per heavy atom. The van der Waals surface area contributed by atoms with E-state index in [1.165, 1.54) is 6.42 Å². The Hall–Kier alpha value is -1.29. The Morgan fingerprint density at radius 1 is 1.45 bits per heavy atom. The van der Waals surface area contributed by atoms with Crippen LogP contribution >= 0.6 is 0 Å². The first kappa shape index (κ1) is 15.1. The second kappa shape index (κ2) is 7.48. The number of hydrogen-bond donors (Lipinski definition) is 1. The lowest BCUT2D eigenvalue weighted by molar-refractivity contribution is 0.0705. The molecular weight excluding hydrogens is 252 g/mol. The number of aryl methyl sites for hydroxylation is 1. The molecule has 1 aromatic rings. The third-order valence-corrected chi connectivity index (χ3v) is 3.89. The average Bonchev–Trinajstić information content (AvgIpc) is 3.13. The Labute approximate surface area is 121 Å². The van der Waals surface area contributed by atoms with E-state index in [4.69, 9.17) is 4.42 Å². The smallest absolute Gasteiger partial charge is 0.289 e. The van der Waals surface area contributed by atoms with E-state index in [0.29, 0.717) is 11.8 Å². The summed E-state index contributed by atoms with van der Waals surface area (Å²) in [6.07, 6.45) is 5.34. The first-order valence-electron chi connectivity index (χ1n) is 7.86. The van der Waals surface area contributed by atoms with Gasteiger partial charge in [-0.15, -0.1) is 0 Å². The van der Waals surface area contributed by atoms with E-state index in [1.807, 2.05) is 24.0 Å². The van der Waals surface area contributed by atoms with E-state index < -0.39 is 0 Å². The number of nitrogens with zero attached hydrogens (tertiary/aromatic N) is 1. The highest BCUT2D eigenvalue weighted by Crippen LogP contribution is 2.14. The van der Waals surface area contributed by atoms with Crippen LogP contribution in [0, 0.1) is 0 Å². The molecule has 2 heterocycles. The molecule has 0 saturated carbocycles. The summed E-state index contributed by atoms with van der Waals surface area (Å²) < 4.78 is 5.61. The molecule has 1 fully saturated rings. The second-order valence-corrected chi connectivity index (χ2v) is 5.52. The minimum atomic E-state index is 0.0341. The van der Waals surface area contributed by atoms with Crippen LogP contribution in [0.3, 0.4) is 0 Å². The van der Waals surface area contributed by atoms with Gasteiger partial charge in [0.25, 0.3) is 5.91 Å². The standard InChI is InChI=1S/C16H26N2O2/c1-3-5-11-18(12-13-7-6-10-17-13)16(19)15-9-8-14(4-2)20-15/h8-9,13,17H,3-7,10-12H2,1-2H3. The molecule has 1 aliphatic rings. The number of carbonyl (C=O) groups excluding carboxylic acids is 1. The van der Waals surface area contributed by atoms with Crippen molar-refractivity contribution >= 4 is 5.91 Å². The van der Waals surface area contributed by atoms with Crippen molar-refractivity contribution < 1.29 is 9.21 Å². The predicted octanol–water partition coefficient (Wildman–Crippen LogP) is 2.84. The molecule has 2 rings (SSSR count). The van der Waals surface area contributed by atoms with E-state index in [1.54, 1.807) is 0 Å². The molecule has 1 saturated heterocycles. The molecule has 20 heavy (non-hydrogen) atoms. The van der Waals surface area contributed by atoms with Gasteiger partial charge in [-0.3, -0.25) is 4.79 Å². The number of unbranched alkanes of at least 4 members (excludes halogenated alkanes) is 1. The van der Waals surface area contributed by atoms with Crippen LogP contribution in [0.2, 0.25) is 0 Å². The zero-order valence-electron chi connectivity index (χ0n) is 12.7. The summed E-state index contributed by atoms with van der Waals surface area (Å²) in [7, 11) is 0. The molecule has 0 spiro atoms. The lowest BCUT2D eigenvalue weighted by Crippen LogP contribution is -2.41. The molecule has 0 bridgehead atoms. The fourth-order valence-electron chi connectivity index (χ4n) is 2.64. The van der Waals surface area contributed by atoms with Crippen molar-refractivity contribution in [2.45, 2.75) is 52.0 Å². The summed E-state index contributed by atoms with van der Waals surface area (Å²) in [5.74, 6) is 1.39. The van der Waals surface area contributed by atoms with Gasteiger partial charge in [0.15, 0.2) is 5.76 Å². The quantitative estimate of drug-likeness (QED) is 0.834. The normalized spacial score (nSPS) is 18.4. The van der Waals surface area contributed by atoms with Crippen LogP contribution in [0.4, 0.5) is 0 Å². The molecule has 0 aliphatic carbocycles. The van der Waals surface area contributed by atoms with E-state index >= 15 is 0 Å². The number of carbonyl (C=O) groups is 1. The van der Waals surface area contributed by atoms with Gasteiger partial charge < -0.3 is 14.6 Å². The minimum absolute atomic E-state index is 0.0341. The highest BCUT2D eigenvalue weighted by molar-refractivity contribution is 5.91. The molecule has 1 amide bonds. The van der Waals surface area contributed by atoms with Crippen molar-refractivity contribution in [3.8, 4) is 0 Å². The molecule has 1 aromatic heterocycles. The van der Waals surface area contributed by atoms with Gasteiger partial charge >= 0.3 is 0 Å². The van der Waals surface area contributed by atoms with Crippen molar-refractivity contribution in [2.24, 2.45) is 0 Å². The van der Waals surface area contributed by atoms with Crippen molar-refractivity contribution in [1.82, 2.24) is 10.2 Å². The summed E-state index contributed by atoms with van der Waals surface area (Å²) >= 11 is 0. The van der Waals surface area contributed by atoms with Crippen LogP contribution in [0.5, 0.6) is 0 Å². The maximum Gasteiger partial charge on any atom is 0.289 e. The molecular formula is C16H26N2O2. The van der Waals surface area contributed by atoms with Gasteiger partial charge in [-0.2, -0.15) is 0 Å². The Morgan fingerprint density at radius 2 is 2.30 bits per heavy atom. The summed E-state index contributed by atoms with van der Waals surface area (Å²) in [5, 5.41) is 3.46. The number of furan rings is 1. The molecule has 1 unspecified atom stereocenters. The Bertz CT molecular complexity index is 422. The topological polar surface area (TPSA) is 45.5 Å². The van der Waals surface area contributed by atoms with Gasteiger partial charge in [-0.05, 0) is 37.9 Å². The van der Waals surface area contributed by atoms with Gasteiger partial charge in [0.2, 0.25) is 0 Å². The molecule has 4 heteroatoms. The van der Waals surface area contributed by atoms with Gasteiger partial charge in [-0.1, -0.05) is 20.3 Å². The van der Waals surface area contributed by atoms with E-state index in [-0.39, 0.29) is 5.91 Å².